The van der Waals surface area contributed by atoms with Crippen LogP contribution in [0.25, 0.3) is 0 Å². The Bertz CT molecular complexity index is 403. The van der Waals surface area contributed by atoms with Gasteiger partial charge in [0.1, 0.15) is 6.07 Å². The van der Waals surface area contributed by atoms with E-state index in [2.05, 4.69) is 6.07 Å². The van der Waals surface area contributed by atoms with Crippen LogP contribution in [0, 0.1) is 11.3 Å². The van der Waals surface area contributed by atoms with Gasteiger partial charge in [0, 0.05) is 0 Å². The van der Waals surface area contributed by atoms with Gasteiger partial charge in [-0.3, -0.25) is 0 Å². The lowest BCUT2D eigenvalue weighted by Crippen LogP contribution is -2.12. The highest BCUT2D eigenvalue weighted by atomic mass is 16.5. The Hall–Kier alpha value is -1.69. The van der Waals surface area contributed by atoms with Crippen LogP contribution in [-0.2, 0) is 0 Å². The molecule has 0 spiro atoms. The first kappa shape index (κ1) is 10.8. The van der Waals surface area contributed by atoms with E-state index in [0.29, 0.717) is 17.1 Å². The fourth-order valence-electron chi connectivity index (χ4n) is 2.06. The summed E-state index contributed by atoms with van der Waals surface area (Å²) in [6, 6.07) is 7.52. The molecule has 0 unspecified atom stereocenters. The maximum atomic E-state index is 9.03. The highest BCUT2D eigenvalue weighted by Gasteiger charge is 2.20. The van der Waals surface area contributed by atoms with Crippen LogP contribution in [0.3, 0.4) is 0 Å². The second-order valence-corrected chi connectivity index (χ2v) is 3.97. The van der Waals surface area contributed by atoms with Crippen molar-refractivity contribution in [3.63, 3.8) is 0 Å². The van der Waals surface area contributed by atoms with Crippen LogP contribution >= 0.6 is 0 Å². The number of hydrogen-bond donors (Lipinski definition) is 0. The van der Waals surface area contributed by atoms with Crippen LogP contribution in [0.2, 0.25) is 0 Å². The minimum atomic E-state index is 0.239. The summed E-state index contributed by atoms with van der Waals surface area (Å²) in [5, 5.41) is 9.03. The minimum Gasteiger partial charge on any atom is -0.493 e. The van der Waals surface area contributed by atoms with Crippen LogP contribution in [0.15, 0.2) is 18.2 Å². The van der Waals surface area contributed by atoms with Gasteiger partial charge in [0.05, 0.1) is 18.8 Å². The second kappa shape index (κ2) is 4.89. The molecule has 1 aromatic rings. The van der Waals surface area contributed by atoms with Crippen molar-refractivity contribution in [3.8, 4) is 17.6 Å². The molecule has 0 bridgehead atoms. The SMILES string of the molecule is COc1cccc(C#N)c1OC1CCCC1. The number of nitrogens with zero attached hydrogens (tertiary/aromatic N) is 1. The number of nitriles is 1. The standard InChI is InChI=1S/C13H15NO2/c1-15-12-8-4-5-10(9-14)13(12)16-11-6-2-3-7-11/h4-5,8,11H,2-3,6-7H2,1H3. The van der Waals surface area contributed by atoms with Crippen molar-refractivity contribution < 1.29 is 9.47 Å². The Balaban J connectivity index is 2.26. The molecule has 0 radical (unpaired) electrons. The Kier molecular flexibility index (Phi) is 3.31. The van der Waals surface area contributed by atoms with E-state index in [0.717, 1.165) is 12.8 Å². The van der Waals surface area contributed by atoms with Gasteiger partial charge in [-0.15, -0.1) is 0 Å². The van der Waals surface area contributed by atoms with Crippen molar-refractivity contribution >= 4 is 0 Å². The van der Waals surface area contributed by atoms with Gasteiger partial charge in [0.25, 0.3) is 0 Å². The van der Waals surface area contributed by atoms with Gasteiger partial charge in [0.2, 0.25) is 0 Å². The van der Waals surface area contributed by atoms with Gasteiger partial charge in [-0.1, -0.05) is 6.07 Å². The predicted octanol–water partition coefficient (Wildman–Crippen LogP) is 2.89. The molecule has 1 aliphatic rings. The molecule has 0 N–H and O–H groups in total. The van der Waals surface area contributed by atoms with E-state index in [1.165, 1.54) is 12.8 Å². The molecule has 84 valence electrons. The Morgan fingerprint density at radius 1 is 1.31 bits per heavy atom. The highest BCUT2D eigenvalue weighted by Crippen LogP contribution is 2.34. The van der Waals surface area contributed by atoms with Crippen molar-refractivity contribution in [2.24, 2.45) is 0 Å². The van der Waals surface area contributed by atoms with E-state index in [1.54, 1.807) is 19.2 Å². The van der Waals surface area contributed by atoms with E-state index in [1.807, 2.05) is 6.07 Å². The summed E-state index contributed by atoms with van der Waals surface area (Å²) in [7, 11) is 1.60. The lowest BCUT2D eigenvalue weighted by atomic mass is 10.2. The first-order chi connectivity index (χ1) is 7.85. The lowest BCUT2D eigenvalue weighted by molar-refractivity contribution is 0.200. The summed E-state index contributed by atoms with van der Waals surface area (Å²) in [5.41, 5.74) is 0.547. The minimum absolute atomic E-state index is 0.239. The third-order valence-corrected chi connectivity index (χ3v) is 2.91. The molecule has 0 saturated heterocycles. The summed E-state index contributed by atoms with van der Waals surface area (Å²) in [6.07, 6.45) is 4.80. The Morgan fingerprint density at radius 2 is 2.06 bits per heavy atom. The fourth-order valence-corrected chi connectivity index (χ4v) is 2.06. The molecule has 0 amide bonds. The smallest absolute Gasteiger partial charge is 0.179 e. The third kappa shape index (κ3) is 2.11. The number of para-hydroxylation sites is 1. The van der Waals surface area contributed by atoms with Crippen LogP contribution in [0.4, 0.5) is 0 Å². The molecule has 1 fully saturated rings. The number of ether oxygens (including phenoxy) is 2. The number of methoxy groups -OCH3 is 1. The molecule has 3 heteroatoms. The first-order valence-corrected chi connectivity index (χ1v) is 5.59. The Morgan fingerprint density at radius 3 is 2.69 bits per heavy atom. The zero-order chi connectivity index (χ0) is 11.4. The second-order valence-electron chi connectivity index (χ2n) is 3.97. The largest absolute Gasteiger partial charge is 0.493 e. The molecule has 2 rings (SSSR count). The first-order valence-electron chi connectivity index (χ1n) is 5.59. The fraction of sp³-hybridized carbons (Fsp3) is 0.462. The van der Waals surface area contributed by atoms with Gasteiger partial charge in [-0.05, 0) is 37.8 Å². The van der Waals surface area contributed by atoms with E-state index in [9.17, 15) is 0 Å². The molecule has 0 atom stereocenters. The molecule has 16 heavy (non-hydrogen) atoms. The zero-order valence-corrected chi connectivity index (χ0v) is 9.40. The number of benzene rings is 1. The van der Waals surface area contributed by atoms with Crippen molar-refractivity contribution in [1.29, 1.82) is 5.26 Å². The average Bonchev–Trinajstić information content (AvgIpc) is 2.82. The van der Waals surface area contributed by atoms with Gasteiger partial charge >= 0.3 is 0 Å². The summed E-state index contributed by atoms with van der Waals surface area (Å²) in [6.45, 7) is 0. The predicted molar refractivity (Wildman–Crippen MR) is 60.6 cm³/mol. The van der Waals surface area contributed by atoms with E-state index >= 15 is 0 Å². The van der Waals surface area contributed by atoms with Gasteiger partial charge < -0.3 is 9.47 Å². The van der Waals surface area contributed by atoms with Gasteiger partial charge in [0.15, 0.2) is 11.5 Å². The Labute approximate surface area is 95.6 Å². The van der Waals surface area contributed by atoms with Crippen LogP contribution in [0.5, 0.6) is 11.5 Å². The lowest BCUT2D eigenvalue weighted by Gasteiger charge is -2.16. The zero-order valence-electron chi connectivity index (χ0n) is 9.40. The maximum Gasteiger partial charge on any atom is 0.179 e. The van der Waals surface area contributed by atoms with Crippen molar-refractivity contribution in [2.75, 3.05) is 7.11 Å². The monoisotopic (exact) mass is 217 g/mol. The van der Waals surface area contributed by atoms with E-state index in [-0.39, 0.29) is 6.10 Å². The van der Waals surface area contributed by atoms with E-state index in [4.69, 9.17) is 14.7 Å². The van der Waals surface area contributed by atoms with Crippen molar-refractivity contribution in [3.05, 3.63) is 23.8 Å². The molecule has 0 aliphatic heterocycles. The topological polar surface area (TPSA) is 42.2 Å². The highest BCUT2D eigenvalue weighted by molar-refractivity contribution is 5.52. The van der Waals surface area contributed by atoms with Crippen molar-refractivity contribution in [1.82, 2.24) is 0 Å². The molecule has 1 saturated carbocycles. The normalized spacial score (nSPS) is 15.8. The van der Waals surface area contributed by atoms with E-state index < -0.39 is 0 Å². The quantitative estimate of drug-likeness (QED) is 0.781. The molecular weight excluding hydrogens is 202 g/mol. The van der Waals surface area contributed by atoms with Crippen molar-refractivity contribution in [2.45, 2.75) is 31.8 Å². The third-order valence-electron chi connectivity index (χ3n) is 2.91. The molecular formula is C13H15NO2. The van der Waals surface area contributed by atoms with Crippen LogP contribution < -0.4 is 9.47 Å². The molecule has 1 aromatic carbocycles. The maximum absolute atomic E-state index is 9.03. The molecule has 0 heterocycles. The van der Waals surface area contributed by atoms with Gasteiger partial charge in [-0.25, -0.2) is 0 Å². The molecule has 1 aliphatic carbocycles. The average molecular weight is 217 g/mol. The number of rotatable bonds is 3. The summed E-state index contributed by atoms with van der Waals surface area (Å²) in [4.78, 5) is 0. The molecule has 3 nitrogen and oxygen atoms in total. The summed E-state index contributed by atoms with van der Waals surface area (Å²) in [5.74, 6) is 1.24. The summed E-state index contributed by atoms with van der Waals surface area (Å²) < 4.78 is 11.1. The molecule has 0 aromatic heterocycles. The number of hydrogen-bond acceptors (Lipinski definition) is 3. The van der Waals surface area contributed by atoms with Crippen LogP contribution in [0.1, 0.15) is 31.2 Å². The summed E-state index contributed by atoms with van der Waals surface area (Å²) >= 11 is 0. The van der Waals surface area contributed by atoms with Crippen LogP contribution in [-0.4, -0.2) is 13.2 Å². The van der Waals surface area contributed by atoms with Gasteiger partial charge in [-0.2, -0.15) is 5.26 Å².